The predicted octanol–water partition coefficient (Wildman–Crippen LogP) is 4.70. The SMILES string of the molecule is Cc1ccc(S(=O)(=O)N2CC=C(c3ccccc3C)C(c3ccccc3)C2=O)cc1. The van der Waals surface area contributed by atoms with E-state index in [9.17, 15) is 13.2 Å². The van der Waals surface area contributed by atoms with Crippen molar-refractivity contribution in [2.24, 2.45) is 0 Å². The summed E-state index contributed by atoms with van der Waals surface area (Å²) >= 11 is 0. The monoisotopic (exact) mass is 417 g/mol. The van der Waals surface area contributed by atoms with Crippen LogP contribution in [-0.2, 0) is 14.8 Å². The van der Waals surface area contributed by atoms with Gasteiger partial charge in [-0.2, -0.15) is 0 Å². The van der Waals surface area contributed by atoms with Crippen LogP contribution in [0.2, 0.25) is 0 Å². The van der Waals surface area contributed by atoms with Gasteiger partial charge in [-0.25, -0.2) is 12.7 Å². The maximum Gasteiger partial charge on any atom is 0.266 e. The van der Waals surface area contributed by atoms with Crippen LogP contribution in [-0.4, -0.2) is 25.2 Å². The Bertz CT molecular complexity index is 1210. The van der Waals surface area contributed by atoms with E-state index in [4.69, 9.17) is 0 Å². The highest BCUT2D eigenvalue weighted by molar-refractivity contribution is 7.89. The van der Waals surface area contributed by atoms with Gasteiger partial charge in [0.05, 0.1) is 17.4 Å². The van der Waals surface area contributed by atoms with Crippen molar-refractivity contribution in [2.45, 2.75) is 24.7 Å². The first kappa shape index (κ1) is 20.1. The van der Waals surface area contributed by atoms with E-state index in [-0.39, 0.29) is 11.4 Å². The normalized spacial score (nSPS) is 17.0. The van der Waals surface area contributed by atoms with E-state index in [1.165, 1.54) is 0 Å². The topological polar surface area (TPSA) is 54.5 Å². The molecule has 0 radical (unpaired) electrons. The largest absolute Gasteiger partial charge is 0.273 e. The number of amides is 1. The van der Waals surface area contributed by atoms with Gasteiger partial charge in [-0.3, -0.25) is 4.79 Å². The van der Waals surface area contributed by atoms with Gasteiger partial charge in [-0.1, -0.05) is 78.4 Å². The van der Waals surface area contributed by atoms with Crippen molar-refractivity contribution in [3.63, 3.8) is 0 Å². The number of benzene rings is 3. The highest BCUT2D eigenvalue weighted by atomic mass is 32.2. The lowest BCUT2D eigenvalue weighted by atomic mass is 9.82. The van der Waals surface area contributed by atoms with Crippen LogP contribution >= 0.6 is 0 Å². The van der Waals surface area contributed by atoms with Gasteiger partial charge in [-0.05, 0) is 48.2 Å². The van der Waals surface area contributed by atoms with Crippen LogP contribution in [0, 0.1) is 13.8 Å². The van der Waals surface area contributed by atoms with E-state index in [0.717, 1.165) is 32.1 Å². The molecule has 0 aliphatic carbocycles. The number of carbonyl (C=O) groups is 1. The molecule has 1 amide bonds. The van der Waals surface area contributed by atoms with Gasteiger partial charge < -0.3 is 0 Å². The fourth-order valence-corrected chi connectivity index (χ4v) is 5.20. The second-order valence-corrected chi connectivity index (χ2v) is 9.37. The Kier molecular flexibility index (Phi) is 5.31. The molecule has 4 nitrogen and oxygen atoms in total. The standard InChI is InChI=1S/C25H23NO3S/c1-18-12-14-21(15-13-18)30(28,29)26-17-16-23(22-11-7-6-8-19(22)2)24(25(26)27)20-9-4-3-5-10-20/h3-16,24H,17H2,1-2H3. The summed E-state index contributed by atoms with van der Waals surface area (Å²) in [5, 5.41) is 0. The van der Waals surface area contributed by atoms with Gasteiger partial charge in [0.25, 0.3) is 10.0 Å². The van der Waals surface area contributed by atoms with E-state index in [0.29, 0.717) is 0 Å². The smallest absolute Gasteiger partial charge is 0.266 e. The van der Waals surface area contributed by atoms with Crippen molar-refractivity contribution in [3.8, 4) is 0 Å². The average Bonchev–Trinajstić information content (AvgIpc) is 2.74. The first-order valence-electron chi connectivity index (χ1n) is 9.84. The zero-order valence-corrected chi connectivity index (χ0v) is 17.8. The number of carbonyl (C=O) groups excluding carboxylic acids is 1. The number of aryl methyl sites for hydroxylation is 2. The molecule has 0 aromatic heterocycles. The molecule has 4 rings (SSSR count). The molecule has 0 bridgehead atoms. The molecule has 5 heteroatoms. The summed E-state index contributed by atoms with van der Waals surface area (Å²) in [4.78, 5) is 13.7. The Morgan fingerprint density at radius 3 is 2.13 bits per heavy atom. The number of nitrogens with zero attached hydrogens (tertiary/aromatic N) is 1. The van der Waals surface area contributed by atoms with Gasteiger partial charge in [0.2, 0.25) is 5.91 Å². The minimum Gasteiger partial charge on any atom is -0.273 e. The highest BCUT2D eigenvalue weighted by Crippen LogP contribution is 2.39. The van der Waals surface area contributed by atoms with Crippen LogP contribution in [0.15, 0.2) is 89.8 Å². The molecule has 0 saturated carbocycles. The maximum absolute atomic E-state index is 13.6. The van der Waals surface area contributed by atoms with Crippen molar-refractivity contribution in [1.82, 2.24) is 4.31 Å². The number of sulfonamides is 1. The summed E-state index contributed by atoms with van der Waals surface area (Å²) in [6.07, 6.45) is 1.87. The molecular weight excluding hydrogens is 394 g/mol. The molecule has 1 unspecified atom stereocenters. The Hall–Kier alpha value is -3.18. The molecule has 1 atom stereocenters. The molecule has 0 saturated heterocycles. The lowest BCUT2D eigenvalue weighted by Crippen LogP contribution is -2.43. The number of hydrogen-bond donors (Lipinski definition) is 0. The molecule has 152 valence electrons. The second-order valence-electron chi connectivity index (χ2n) is 7.51. The van der Waals surface area contributed by atoms with E-state index in [1.54, 1.807) is 24.3 Å². The molecular formula is C25H23NO3S. The summed E-state index contributed by atoms with van der Waals surface area (Å²) in [5.74, 6) is -1.11. The summed E-state index contributed by atoms with van der Waals surface area (Å²) in [7, 11) is -3.95. The summed E-state index contributed by atoms with van der Waals surface area (Å²) in [6.45, 7) is 3.91. The molecule has 1 heterocycles. The Labute approximate surface area is 177 Å². The lowest BCUT2D eigenvalue weighted by Gasteiger charge is -2.33. The van der Waals surface area contributed by atoms with E-state index < -0.39 is 21.8 Å². The summed E-state index contributed by atoms with van der Waals surface area (Å²) in [6, 6.07) is 23.8. The highest BCUT2D eigenvalue weighted by Gasteiger charge is 2.39. The number of hydrogen-bond acceptors (Lipinski definition) is 3. The molecule has 1 aliphatic heterocycles. The molecule has 1 aliphatic rings. The second kappa shape index (κ2) is 7.92. The van der Waals surface area contributed by atoms with Crippen LogP contribution in [0.4, 0.5) is 0 Å². The van der Waals surface area contributed by atoms with Crippen molar-refractivity contribution in [1.29, 1.82) is 0 Å². The number of rotatable bonds is 4. The molecule has 0 spiro atoms. The van der Waals surface area contributed by atoms with Crippen LogP contribution in [0.25, 0.3) is 5.57 Å². The zero-order valence-electron chi connectivity index (χ0n) is 16.9. The van der Waals surface area contributed by atoms with Crippen molar-refractivity contribution in [2.75, 3.05) is 6.54 Å². The maximum atomic E-state index is 13.6. The van der Waals surface area contributed by atoms with Crippen LogP contribution in [0.1, 0.15) is 28.2 Å². The Morgan fingerprint density at radius 2 is 1.47 bits per heavy atom. The van der Waals surface area contributed by atoms with Gasteiger partial charge in [0, 0.05) is 0 Å². The van der Waals surface area contributed by atoms with Gasteiger partial charge in [-0.15, -0.1) is 0 Å². The van der Waals surface area contributed by atoms with Crippen LogP contribution < -0.4 is 0 Å². The van der Waals surface area contributed by atoms with Gasteiger partial charge in [0.15, 0.2) is 0 Å². The fourth-order valence-electron chi connectivity index (χ4n) is 3.85. The third kappa shape index (κ3) is 3.57. The Morgan fingerprint density at radius 1 is 0.833 bits per heavy atom. The molecule has 0 fully saturated rings. The third-order valence-electron chi connectivity index (χ3n) is 5.48. The van der Waals surface area contributed by atoms with E-state index in [2.05, 4.69) is 0 Å². The lowest BCUT2D eigenvalue weighted by molar-refractivity contribution is -0.126. The van der Waals surface area contributed by atoms with Crippen molar-refractivity contribution >= 4 is 21.5 Å². The average molecular weight is 418 g/mol. The predicted molar refractivity (Wildman–Crippen MR) is 118 cm³/mol. The molecule has 3 aromatic carbocycles. The fraction of sp³-hybridized carbons (Fsp3) is 0.160. The van der Waals surface area contributed by atoms with Crippen molar-refractivity contribution < 1.29 is 13.2 Å². The molecule has 3 aromatic rings. The van der Waals surface area contributed by atoms with Crippen LogP contribution in [0.3, 0.4) is 0 Å². The third-order valence-corrected chi connectivity index (χ3v) is 7.26. The quantitative estimate of drug-likeness (QED) is 0.618. The summed E-state index contributed by atoms with van der Waals surface area (Å²) < 4.78 is 27.5. The van der Waals surface area contributed by atoms with Crippen molar-refractivity contribution in [3.05, 3.63) is 107 Å². The van der Waals surface area contributed by atoms with E-state index >= 15 is 0 Å². The zero-order chi connectivity index (χ0) is 21.3. The van der Waals surface area contributed by atoms with Gasteiger partial charge in [0.1, 0.15) is 0 Å². The molecule has 30 heavy (non-hydrogen) atoms. The van der Waals surface area contributed by atoms with Crippen LogP contribution in [0.5, 0.6) is 0 Å². The first-order valence-corrected chi connectivity index (χ1v) is 11.3. The van der Waals surface area contributed by atoms with Gasteiger partial charge >= 0.3 is 0 Å². The summed E-state index contributed by atoms with van der Waals surface area (Å²) in [5.41, 5.74) is 4.60. The minimum atomic E-state index is -3.95. The molecule has 0 N–H and O–H groups in total. The van der Waals surface area contributed by atoms with E-state index in [1.807, 2.05) is 74.5 Å². The first-order chi connectivity index (χ1) is 14.4. The minimum absolute atomic E-state index is 0.0159. The Balaban J connectivity index is 1.83.